The summed E-state index contributed by atoms with van der Waals surface area (Å²) in [5, 5.41) is 5.04. The Hall–Kier alpha value is -1.42. The first-order chi connectivity index (χ1) is 12.3. The zero-order valence-corrected chi connectivity index (χ0v) is 16.3. The van der Waals surface area contributed by atoms with E-state index < -0.39 is 20.7 Å². The van der Waals surface area contributed by atoms with Gasteiger partial charge in [-0.15, -0.1) is 11.3 Å². The van der Waals surface area contributed by atoms with Crippen molar-refractivity contribution in [3.63, 3.8) is 0 Å². The zero-order chi connectivity index (χ0) is 18.7. The molecular formula is C16H20ClFN4O2S2. The fourth-order valence-corrected chi connectivity index (χ4v) is 5.26. The molecule has 2 aromatic rings. The fourth-order valence-electron chi connectivity index (χ4n) is 3.09. The number of rotatable bonds is 6. The molecule has 142 valence electrons. The molecule has 1 aromatic heterocycles. The maximum absolute atomic E-state index is 14.4. The van der Waals surface area contributed by atoms with Crippen molar-refractivity contribution in [2.24, 2.45) is 11.7 Å². The first kappa shape index (κ1) is 19.3. The molecule has 0 aliphatic heterocycles. The minimum absolute atomic E-state index is 0.144. The van der Waals surface area contributed by atoms with Crippen LogP contribution in [0.15, 0.2) is 28.6 Å². The number of hydrogen-bond donors (Lipinski definition) is 3. The van der Waals surface area contributed by atoms with Crippen LogP contribution in [0, 0.1) is 11.7 Å². The van der Waals surface area contributed by atoms with Crippen LogP contribution in [0.1, 0.15) is 25.7 Å². The Bertz CT molecular complexity index is 861. The summed E-state index contributed by atoms with van der Waals surface area (Å²) in [5.74, 6) is -0.478. The summed E-state index contributed by atoms with van der Waals surface area (Å²) < 4.78 is 41.4. The Morgan fingerprint density at radius 2 is 2.19 bits per heavy atom. The highest BCUT2D eigenvalue weighted by Crippen LogP contribution is 2.31. The van der Waals surface area contributed by atoms with Gasteiger partial charge in [0, 0.05) is 24.2 Å². The Balaban J connectivity index is 1.73. The van der Waals surface area contributed by atoms with Gasteiger partial charge in [-0.1, -0.05) is 18.0 Å². The monoisotopic (exact) mass is 418 g/mol. The average Bonchev–Trinajstić information content (AvgIpc) is 3.07. The molecule has 1 saturated carbocycles. The van der Waals surface area contributed by atoms with Gasteiger partial charge >= 0.3 is 0 Å². The van der Waals surface area contributed by atoms with Gasteiger partial charge in [-0.25, -0.2) is 17.8 Å². The van der Waals surface area contributed by atoms with E-state index in [9.17, 15) is 12.8 Å². The van der Waals surface area contributed by atoms with Crippen LogP contribution in [-0.2, 0) is 10.0 Å². The highest BCUT2D eigenvalue weighted by molar-refractivity contribution is 7.93. The first-order valence-electron chi connectivity index (χ1n) is 8.26. The molecule has 3 rings (SSSR count). The zero-order valence-electron chi connectivity index (χ0n) is 13.9. The minimum atomic E-state index is -4.10. The van der Waals surface area contributed by atoms with Gasteiger partial charge in [-0.2, -0.15) is 0 Å². The van der Waals surface area contributed by atoms with E-state index in [0.717, 1.165) is 49.2 Å². The predicted molar refractivity (Wildman–Crippen MR) is 103 cm³/mol. The lowest BCUT2D eigenvalue weighted by Gasteiger charge is -2.27. The van der Waals surface area contributed by atoms with Gasteiger partial charge in [-0.3, -0.25) is 4.72 Å². The molecule has 1 aliphatic carbocycles. The summed E-state index contributed by atoms with van der Waals surface area (Å²) in [4.78, 5) is 3.32. The number of thiazole rings is 1. The maximum Gasteiger partial charge on any atom is 0.266 e. The molecule has 1 aliphatic rings. The summed E-state index contributed by atoms with van der Waals surface area (Å²) in [6.07, 6.45) is 5.54. The second kappa shape index (κ2) is 8.08. The van der Waals surface area contributed by atoms with E-state index in [2.05, 4.69) is 15.0 Å². The van der Waals surface area contributed by atoms with E-state index >= 15 is 0 Å². The number of sulfonamides is 1. The number of nitrogens with two attached hydrogens (primary N) is 1. The first-order valence-corrected chi connectivity index (χ1v) is 11.0. The number of halogens is 2. The summed E-state index contributed by atoms with van der Waals surface area (Å²) in [5.41, 5.74) is 6.35. The van der Waals surface area contributed by atoms with Gasteiger partial charge in [-0.05, 0) is 37.3 Å². The van der Waals surface area contributed by atoms with Gasteiger partial charge in [0.25, 0.3) is 10.0 Å². The van der Waals surface area contributed by atoms with E-state index in [1.165, 1.54) is 6.20 Å². The van der Waals surface area contributed by atoms with Crippen molar-refractivity contribution in [3.8, 4) is 0 Å². The Kier molecular flexibility index (Phi) is 6.01. The minimum Gasteiger partial charge on any atom is -0.383 e. The second-order valence-corrected chi connectivity index (χ2v) is 9.33. The molecule has 6 nitrogen and oxygen atoms in total. The van der Waals surface area contributed by atoms with E-state index in [-0.39, 0.29) is 16.2 Å². The molecule has 1 heterocycles. The third kappa shape index (κ3) is 4.64. The lowest BCUT2D eigenvalue weighted by Crippen LogP contribution is -2.31. The summed E-state index contributed by atoms with van der Waals surface area (Å²) in [6.45, 7) is 0.621. The van der Waals surface area contributed by atoms with Crippen LogP contribution in [0.4, 0.5) is 15.2 Å². The molecule has 26 heavy (non-hydrogen) atoms. The van der Waals surface area contributed by atoms with E-state index in [4.69, 9.17) is 17.3 Å². The molecule has 2 atom stereocenters. The molecule has 0 amide bonds. The fraction of sp³-hybridized carbons (Fsp3) is 0.438. The molecule has 0 bridgehead atoms. The summed E-state index contributed by atoms with van der Waals surface area (Å²) in [6, 6.07) is 2.43. The Labute approximate surface area is 161 Å². The molecule has 1 aromatic carbocycles. The predicted octanol–water partition coefficient (Wildman–Crippen LogP) is 3.67. The average molecular weight is 419 g/mol. The van der Waals surface area contributed by atoms with Crippen molar-refractivity contribution in [2.75, 3.05) is 16.6 Å². The number of benzene rings is 1. The quantitative estimate of drug-likeness (QED) is 0.665. The molecule has 4 N–H and O–H groups in total. The molecule has 0 radical (unpaired) electrons. The molecule has 0 saturated heterocycles. The van der Waals surface area contributed by atoms with Crippen molar-refractivity contribution >= 4 is 43.8 Å². The van der Waals surface area contributed by atoms with Crippen LogP contribution in [-0.4, -0.2) is 26.0 Å². The summed E-state index contributed by atoms with van der Waals surface area (Å²) in [7, 11) is -4.10. The summed E-state index contributed by atoms with van der Waals surface area (Å²) >= 11 is 7.28. The third-order valence-electron chi connectivity index (χ3n) is 4.37. The number of aromatic nitrogens is 1. The van der Waals surface area contributed by atoms with Crippen molar-refractivity contribution < 1.29 is 12.8 Å². The normalized spacial score (nSPS) is 20.7. The lowest BCUT2D eigenvalue weighted by atomic mass is 9.86. The number of nitrogens with one attached hydrogen (secondary N) is 2. The van der Waals surface area contributed by atoms with Crippen LogP contribution in [0.3, 0.4) is 0 Å². The molecule has 10 heteroatoms. The SMILES string of the molecule is NC1CCCC(CNc2cc(F)c(S(=O)(=O)Nc3nccs3)cc2Cl)C1. The number of anilines is 2. The molecule has 1 fully saturated rings. The topological polar surface area (TPSA) is 97.1 Å². The highest BCUT2D eigenvalue weighted by Gasteiger charge is 2.23. The van der Waals surface area contributed by atoms with Gasteiger partial charge in [0.2, 0.25) is 0 Å². The highest BCUT2D eigenvalue weighted by atomic mass is 35.5. The van der Waals surface area contributed by atoms with Gasteiger partial charge in [0.15, 0.2) is 5.13 Å². The van der Waals surface area contributed by atoms with E-state index in [0.29, 0.717) is 18.2 Å². The van der Waals surface area contributed by atoms with Crippen molar-refractivity contribution in [2.45, 2.75) is 36.6 Å². The molecule has 2 unspecified atom stereocenters. The van der Waals surface area contributed by atoms with Crippen LogP contribution in [0.5, 0.6) is 0 Å². The van der Waals surface area contributed by atoms with Crippen LogP contribution in [0.25, 0.3) is 0 Å². The van der Waals surface area contributed by atoms with E-state index in [1.54, 1.807) is 5.38 Å². The molecular weight excluding hydrogens is 399 g/mol. The van der Waals surface area contributed by atoms with Gasteiger partial charge < -0.3 is 11.1 Å². The largest absolute Gasteiger partial charge is 0.383 e. The lowest BCUT2D eigenvalue weighted by molar-refractivity contribution is 0.335. The van der Waals surface area contributed by atoms with Crippen LogP contribution >= 0.6 is 22.9 Å². The smallest absolute Gasteiger partial charge is 0.266 e. The van der Waals surface area contributed by atoms with Crippen molar-refractivity contribution in [1.82, 2.24) is 4.98 Å². The maximum atomic E-state index is 14.4. The Morgan fingerprint density at radius 1 is 1.38 bits per heavy atom. The van der Waals surface area contributed by atoms with Gasteiger partial charge in [0.1, 0.15) is 10.7 Å². The Morgan fingerprint density at radius 3 is 2.88 bits per heavy atom. The number of hydrogen-bond acceptors (Lipinski definition) is 6. The standard InChI is InChI=1S/C16H20ClFN4O2S2/c17-12-7-15(26(23,24)22-16-20-4-5-25-16)13(18)8-14(12)21-9-10-2-1-3-11(19)6-10/h4-5,7-8,10-11,21H,1-3,6,9,19H2,(H,20,22). The van der Waals surface area contributed by atoms with Crippen molar-refractivity contribution in [1.29, 1.82) is 0 Å². The third-order valence-corrected chi connectivity index (χ3v) is 6.85. The van der Waals surface area contributed by atoms with Crippen LogP contribution in [0.2, 0.25) is 5.02 Å². The second-order valence-electron chi connectivity index (χ2n) is 6.38. The number of nitrogens with zero attached hydrogens (tertiary/aromatic N) is 1. The molecule has 0 spiro atoms. The van der Waals surface area contributed by atoms with E-state index in [1.807, 2.05) is 0 Å². The van der Waals surface area contributed by atoms with Gasteiger partial charge in [0.05, 0.1) is 10.7 Å². The van der Waals surface area contributed by atoms with Crippen molar-refractivity contribution in [3.05, 3.63) is 34.5 Å². The van der Waals surface area contributed by atoms with Crippen LogP contribution < -0.4 is 15.8 Å².